The second-order valence-corrected chi connectivity index (χ2v) is 9.03. The Kier molecular flexibility index (Phi) is 10.1. The minimum absolute atomic E-state index is 0.0275. The van der Waals surface area contributed by atoms with Crippen LogP contribution in [-0.4, -0.2) is 48.6 Å². The van der Waals surface area contributed by atoms with E-state index in [2.05, 4.69) is 20.5 Å². The summed E-state index contributed by atoms with van der Waals surface area (Å²) in [6, 6.07) is 5.35. The number of benzene rings is 1. The smallest absolute Gasteiger partial charge is 0.330 e. The van der Waals surface area contributed by atoms with Gasteiger partial charge >= 0.3 is 5.69 Å². The SMILES string of the molecule is NCCCNCc1cc(Cl)c(F)c(Nc2cc[n+](CCCCN3CCC(N)CC3)c(=O)[nH]2)c1. The first kappa shape index (κ1) is 25.6. The Morgan fingerprint density at radius 3 is 2.76 bits per heavy atom. The van der Waals surface area contributed by atoms with Gasteiger partial charge in [0, 0.05) is 18.7 Å². The van der Waals surface area contributed by atoms with Crippen molar-refractivity contribution < 1.29 is 8.96 Å². The lowest BCUT2D eigenvalue weighted by atomic mass is 10.1. The van der Waals surface area contributed by atoms with E-state index >= 15 is 0 Å². The fraction of sp³-hybridized carbons (Fsp3) is 0.565. The van der Waals surface area contributed by atoms with Crippen molar-refractivity contribution in [2.24, 2.45) is 11.5 Å². The van der Waals surface area contributed by atoms with Crippen LogP contribution in [0.5, 0.6) is 0 Å². The monoisotopic (exact) mass is 480 g/mol. The molecule has 0 aliphatic carbocycles. The Morgan fingerprint density at radius 2 is 2.03 bits per heavy atom. The van der Waals surface area contributed by atoms with Gasteiger partial charge in [0.25, 0.3) is 0 Å². The fourth-order valence-corrected chi connectivity index (χ4v) is 4.19. The van der Waals surface area contributed by atoms with E-state index in [4.69, 9.17) is 23.1 Å². The third kappa shape index (κ3) is 8.04. The molecule has 10 heteroatoms. The van der Waals surface area contributed by atoms with Crippen LogP contribution in [0.15, 0.2) is 29.2 Å². The zero-order chi connectivity index (χ0) is 23.6. The number of nitrogens with zero attached hydrogens (tertiary/aromatic N) is 2. The molecule has 2 aromatic rings. The van der Waals surface area contributed by atoms with E-state index in [1.54, 1.807) is 29.0 Å². The van der Waals surface area contributed by atoms with Crippen LogP contribution < -0.4 is 32.4 Å². The number of unbranched alkanes of at least 4 members (excludes halogenated alkanes) is 1. The summed E-state index contributed by atoms with van der Waals surface area (Å²) in [7, 11) is 0. The zero-order valence-corrected chi connectivity index (χ0v) is 19.8. The maximum atomic E-state index is 14.5. The number of nitrogens with two attached hydrogens (primary N) is 2. The van der Waals surface area contributed by atoms with Gasteiger partial charge in [0.2, 0.25) is 5.82 Å². The van der Waals surface area contributed by atoms with Crippen molar-refractivity contribution in [2.45, 2.75) is 51.2 Å². The molecule has 33 heavy (non-hydrogen) atoms. The number of piperidine rings is 1. The van der Waals surface area contributed by atoms with Gasteiger partial charge in [-0.3, -0.25) is 0 Å². The van der Waals surface area contributed by atoms with Crippen molar-refractivity contribution in [1.82, 2.24) is 15.2 Å². The summed E-state index contributed by atoms with van der Waals surface area (Å²) in [6.45, 7) is 5.70. The molecular formula is C23H36ClFN7O+. The third-order valence-electron chi connectivity index (χ3n) is 5.92. The molecule has 182 valence electrons. The molecule has 2 heterocycles. The van der Waals surface area contributed by atoms with Crippen molar-refractivity contribution >= 4 is 23.1 Å². The van der Waals surface area contributed by atoms with E-state index in [9.17, 15) is 9.18 Å². The Balaban J connectivity index is 1.53. The highest BCUT2D eigenvalue weighted by Crippen LogP contribution is 2.26. The number of aromatic amines is 1. The molecule has 8 nitrogen and oxygen atoms in total. The summed E-state index contributed by atoms with van der Waals surface area (Å²) in [6.07, 6.45) is 6.63. The number of rotatable bonds is 12. The van der Waals surface area contributed by atoms with Gasteiger partial charge < -0.3 is 27.0 Å². The maximum absolute atomic E-state index is 14.5. The minimum atomic E-state index is -0.557. The van der Waals surface area contributed by atoms with Crippen molar-refractivity contribution in [2.75, 3.05) is 38.0 Å². The molecule has 1 aliphatic heterocycles. The van der Waals surface area contributed by atoms with Crippen LogP contribution >= 0.6 is 11.6 Å². The number of H-pyrrole nitrogens is 1. The highest BCUT2D eigenvalue weighted by molar-refractivity contribution is 6.31. The topological polar surface area (TPSA) is 116 Å². The van der Waals surface area contributed by atoms with Gasteiger partial charge in [-0.25, -0.2) is 4.39 Å². The lowest BCUT2D eigenvalue weighted by Crippen LogP contribution is -2.51. The Hall–Kier alpha value is -2.04. The Morgan fingerprint density at radius 1 is 1.24 bits per heavy atom. The minimum Gasteiger partial charge on any atom is -0.330 e. The van der Waals surface area contributed by atoms with Gasteiger partial charge in [-0.2, -0.15) is 14.3 Å². The predicted molar refractivity (Wildman–Crippen MR) is 130 cm³/mol. The van der Waals surface area contributed by atoms with E-state index in [-0.39, 0.29) is 16.4 Å². The Labute approximate surface area is 199 Å². The molecule has 0 unspecified atom stereocenters. The van der Waals surface area contributed by atoms with Crippen LogP contribution in [-0.2, 0) is 13.1 Å². The summed E-state index contributed by atoms with van der Waals surface area (Å²) in [5.74, 6) is -0.150. The van der Waals surface area contributed by atoms with Crippen LogP contribution in [0.1, 0.15) is 37.7 Å². The number of halogens is 2. The third-order valence-corrected chi connectivity index (χ3v) is 6.20. The van der Waals surface area contributed by atoms with Crippen molar-refractivity contribution in [3.05, 3.63) is 51.3 Å². The first-order valence-corrected chi connectivity index (χ1v) is 12.1. The van der Waals surface area contributed by atoms with Gasteiger partial charge in [-0.05, 0) is 82.5 Å². The Bertz CT molecular complexity index is 947. The van der Waals surface area contributed by atoms with Crippen LogP contribution in [0.25, 0.3) is 0 Å². The van der Waals surface area contributed by atoms with Crippen LogP contribution in [0.4, 0.5) is 15.9 Å². The van der Waals surface area contributed by atoms with Gasteiger partial charge in [0.15, 0.2) is 5.82 Å². The summed E-state index contributed by atoms with van der Waals surface area (Å²) in [5, 5.41) is 6.22. The van der Waals surface area contributed by atoms with Crippen molar-refractivity contribution in [1.29, 1.82) is 0 Å². The van der Waals surface area contributed by atoms with E-state index in [0.29, 0.717) is 31.5 Å². The molecule has 7 N–H and O–H groups in total. The van der Waals surface area contributed by atoms with Gasteiger partial charge in [0.1, 0.15) is 0 Å². The largest absolute Gasteiger partial charge is 0.497 e. The number of hydrogen-bond acceptors (Lipinski definition) is 6. The normalized spacial score (nSPS) is 15.2. The lowest BCUT2D eigenvalue weighted by Gasteiger charge is -2.29. The van der Waals surface area contributed by atoms with Crippen LogP contribution in [0.3, 0.4) is 0 Å². The number of hydrogen-bond donors (Lipinski definition) is 5. The molecular weight excluding hydrogens is 445 g/mol. The number of nitrogens with one attached hydrogen (secondary N) is 3. The number of aryl methyl sites for hydroxylation is 1. The molecule has 1 aromatic heterocycles. The summed E-state index contributed by atoms with van der Waals surface area (Å²) in [5.41, 5.74) is 12.3. The van der Waals surface area contributed by atoms with E-state index < -0.39 is 5.82 Å². The summed E-state index contributed by atoms with van der Waals surface area (Å²) < 4.78 is 16.2. The highest BCUT2D eigenvalue weighted by atomic mass is 35.5. The van der Waals surface area contributed by atoms with Gasteiger partial charge in [-0.15, -0.1) is 0 Å². The molecule has 1 aliphatic rings. The van der Waals surface area contributed by atoms with Gasteiger partial charge in [0.05, 0.1) is 23.5 Å². The molecule has 1 fully saturated rings. The molecule has 0 saturated carbocycles. The second kappa shape index (κ2) is 13.0. The fourth-order valence-electron chi connectivity index (χ4n) is 3.95. The van der Waals surface area contributed by atoms with E-state index in [1.165, 1.54) is 0 Å². The maximum Gasteiger partial charge on any atom is 0.497 e. The molecule has 3 rings (SSSR count). The molecule has 0 amide bonds. The van der Waals surface area contributed by atoms with Gasteiger partial charge in [-0.1, -0.05) is 11.6 Å². The molecule has 0 radical (unpaired) electrons. The lowest BCUT2D eigenvalue weighted by molar-refractivity contribution is -0.714. The molecule has 0 bridgehead atoms. The molecule has 1 aromatic carbocycles. The number of likely N-dealkylation sites (tertiary alicyclic amines) is 1. The molecule has 0 atom stereocenters. The predicted octanol–water partition coefficient (Wildman–Crippen LogP) is 1.84. The molecule has 1 saturated heterocycles. The highest BCUT2D eigenvalue weighted by Gasteiger charge is 2.16. The number of aromatic nitrogens is 2. The van der Waals surface area contributed by atoms with Crippen LogP contribution in [0.2, 0.25) is 5.02 Å². The van der Waals surface area contributed by atoms with Crippen molar-refractivity contribution in [3.8, 4) is 0 Å². The first-order valence-electron chi connectivity index (χ1n) is 11.7. The van der Waals surface area contributed by atoms with Crippen LogP contribution in [0, 0.1) is 5.82 Å². The summed E-state index contributed by atoms with van der Waals surface area (Å²) in [4.78, 5) is 17.7. The second-order valence-electron chi connectivity index (χ2n) is 8.62. The zero-order valence-electron chi connectivity index (χ0n) is 19.1. The van der Waals surface area contributed by atoms with E-state index in [1.807, 2.05) is 0 Å². The molecule has 0 spiro atoms. The average molecular weight is 481 g/mol. The number of anilines is 2. The quantitative estimate of drug-likeness (QED) is 0.234. The van der Waals surface area contributed by atoms with Crippen molar-refractivity contribution in [3.63, 3.8) is 0 Å². The first-order chi connectivity index (χ1) is 16.0. The standard InChI is InChI=1S/C23H35ClFN7O/c24-19-14-17(16-28-8-3-7-26)15-20(22(19)25)29-21-6-13-32(23(33)30-21)10-2-1-9-31-11-4-18(27)5-12-31/h6,13-15,18,28H,1-5,7-12,16,26-27H2,(H,29,30,33)/p+1. The average Bonchev–Trinajstić information content (AvgIpc) is 2.80. The summed E-state index contributed by atoms with van der Waals surface area (Å²) >= 11 is 6.07. The van der Waals surface area contributed by atoms with E-state index in [0.717, 1.165) is 63.8 Å².